The normalized spacial score (nSPS) is 10.3. The SMILES string of the molecule is O=c1ncccn1Cc1cc(F)cc([N+](=O)[O-])c1. The van der Waals surface area contributed by atoms with Crippen LogP contribution in [0.15, 0.2) is 41.5 Å². The molecule has 0 aliphatic rings. The maximum Gasteiger partial charge on any atom is 0.347 e. The summed E-state index contributed by atoms with van der Waals surface area (Å²) in [7, 11) is 0. The van der Waals surface area contributed by atoms with E-state index in [9.17, 15) is 19.3 Å². The van der Waals surface area contributed by atoms with Crippen LogP contribution in [-0.4, -0.2) is 14.5 Å². The van der Waals surface area contributed by atoms with Gasteiger partial charge in [-0.25, -0.2) is 14.2 Å². The predicted octanol–water partition coefficient (Wildman–Crippen LogP) is 1.34. The Labute approximate surface area is 100 Å². The molecule has 0 saturated carbocycles. The minimum atomic E-state index is -0.712. The lowest BCUT2D eigenvalue weighted by molar-refractivity contribution is -0.385. The summed E-state index contributed by atoms with van der Waals surface area (Å²) in [5.74, 6) is -0.712. The third-order valence-corrected chi connectivity index (χ3v) is 2.29. The quantitative estimate of drug-likeness (QED) is 0.607. The number of nitro benzene ring substituents is 1. The molecule has 1 aromatic carbocycles. The van der Waals surface area contributed by atoms with Gasteiger partial charge in [0.05, 0.1) is 17.5 Å². The molecular formula is C11H8FN3O3. The van der Waals surface area contributed by atoms with Gasteiger partial charge in [-0.15, -0.1) is 0 Å². The number of benzene rings is 1. The molecule has 0 fully saturated rings. The summed E-state index contributed by atoms with van der Waals surface area (Å²) in [5, 5.41) is 10.6. The molecule has 0 N–H and O–H groups in total. The summed E-state index contributed by atoms with van der Waals surface area (Å²) in [4.78, 5) is 24.8. The van der Waals surface area contributed by atoms with Crippen molar-refractivity contribution in [3.05, 3.63) is 68.6 Å². The molecule has 0 bridgehead atoms. The van der Waals surface area contributed by atoms with Crippen LogP contribution in [-0.2, 0) is 6.54 Å². The Bertz CT molecular complexity index is 654. The van der Waals surface area contributed by atoms with E-state index >= 15 is 0 Å². The molecule has 0 amide bonds. The highest BCUT2D eigenvalue weighted by Crippen LogP contribution is 2.16. The summed E-state index contributed by atoms with van der Waals surface area (Å²) >= 11 is 0. The van der Waals surface area contributed by atoms with E-state index in [1.807, 2.05) is 0 Å². The number of halogens is 1. The van der Waals surface area contributed by atoms with Crippen LogP contribution >= 0.6 is 0 Å². The Morgan fingerprint density at radius 1 is 1.39 bits per heavy atom. The lowest BCUT2D eigenvalue weighted by atomic mass is 10.2. The zero-order valence-corrected chi connectivity index (χ0v) is 9.12. The van der Waals surface area contributed by atoms with Gasteiger partial charge in [0, 0.05) is 18.5 Å². The van der Waals surface area contributed by atoms with E-state index in [1.54, 1.807) is 6.07 Å². The van der Waals surface area contributed by atoms with Crippen molar-refractivity contribution in [2.24, 2.45) is 0 Å². The molecule has 0 aliphatic carbocycles. The largest absolute Gasteiger partial charge is 0.347 e. The van der Waals surface area contributed by atoms with Crippen molar-refractivity contribution in [1.82, 2.24) is 9.55 Å². The first-order chi connectivity index (χ1) is 8.56. The van der Waals surface area contributed by atoms with E-state index in [1.165, 1.54) is 23.0 Å². The van der Waals surface area contributed by atoms with Crippen molar-refractivity contribution in [1.29, 1.82) is 0 Å². The lowest BCUT2D eigenvalue weighted by Crippen LogP contribution is -2.21. The van der Waals surface area contributed by atoms with Crippen molar-refractivity contribution in [3.8, 4) is 0 Å². The molecule has 0 spiro atoms. The molecule has 1 aromatic heterocycles. The summed E-state index contributed by atoms with van der Waals surface area (Å²) in [5.41, 5.74) is -0.511. The monoisotopic (exact) mass is 249 g/mol. The second-order valence-electron chi connectivity index (χ2n) is 3.60. The van der Waals surface area contributed by atoms with Gasteiger partial charge in [0.1, 0.15) is 5.82 Å². The first kappa shape index (κ1) is 11.9. The first-order valence-corrected chi connectivity index (χ1v) is 5.01. The summed E-state index contributed by atoms with van der Waals surface area (Å²) in [6.45, 7) is 0.0330. The fraction of sp³-hybridized carbons (Fsp3) is 0.0909. The molecular weight excluding hydrogens is 241 g/mol. The smallest absolute Gasteiger partial charge is 0.295 e. The molecule has 1 heterocycles. The van der Waals surface area contributed by atoms with E-state index in [4.69, 9.17) is 0 Å². The van der Waals surface area contributed by atoms with Crippen LogP contribution in [0.25, 0.3) is 0 Å². The summed E-state index contributed by atoms with van der Waals surface area (Å²) < 4.78 is 14.4. The standard InChI is InChI=1S/C11H8FN3O3/c12-9-4-8(5-10(6-9)15(17)18)7-14-3-1-2-13-11(14)16/h1-6H,7H2. The fourth-order valence-electron chi connectivity index (χ4n) is 1.53. The second kappa shape index (κ2) is 4.74. The molecule has 92 valence electrons. The van der Waals surface area contributed by atoms with Crippen molar-refractivity contribution >= 4 is 5.69 Å². The predicted molar refractivity (Wildman–Crippen MR) is 60.7 cm³/mol. The number of nitrogens with zero attached hydrogens (tertiary/aromatic N) is 3. The average Bonchev–Trinajstić information content (AvgIpc) is 2.31. The van der Waals surface area contributed by atoms with Gasteiger partial charge in [-0.05, 0) is 17.7 Å². The van der Waals surface area contributed by atoms with Crippen LogP contribution in [0.4, 0.5) is 10.1 Å². The van der Waals surface area contributed by atoms with Gasteiger partial charge in [-0.3, -0.25) is 14.7 Å². The minimum absolute atomic E-state index is 0.0330. The van der Waals surface area contributed by atoms with E-state index < -0.39 is 16.4 Å². The van der Waals surface area contributed by atoms with Crippen LogP contribution in [0.2, 0.25) is 0 Å². The minimum Gasteiger partial charge on any atom is -0.295 e. The topological polar surface area (TPSA) is 78.0 Å². The zero-order valence-electron chi connectivity index (χ0n) is 9.12. The van der Waals surface area contributed by atoms with Gasteiger partial charge in [0.15, 0.2) is 0 Å². The van der Waals surface area contributed by atoms with E-state index in [0.717, 1.165) is 12.1 Å². The number of nitro groups is 1. The summed E-state index contributed by atoms with van der Waals surface area (Å²) in [6.07, 6.45) is 2.82. The Hall–Kier alpha value is -2.57. The van der Waals surface area contributed by atoms with E-state index in [0.29, 0.717) is 5.56 Å². The maximum absolute atomic E-state index is 13.2. The molecule has 0 aliphatic heterocycles. The van der Waals surface area contributed by atoms with Crippen LogP contribution in [0.5, 0.6) is 0 Å². The van der Waals surface area contributed by atoms with Gasteiger partial charge in [-0.1, -0.05) is 0 Å². The number of rotatable bonds is 3. The van der Waals surface area contributed by atoms with Crippen molar-refractivity contribution < 1.29 is 9.31 Å². The highest BCUT2D eigenvalue weighted by Gasteiger charge is 2.10. The van der Waals surface area contributed by atoms with Gasteiger partial charge in [-0.2, -0.15) is 0 Å². The summed E-state index contributed by atoms with van der Waals surface area (Å²) in [6, 6.07) is 4.75. The molecule has 0 atom stereocenters. The molecule has 0 saturated heterocycles. The van der Waals surface area contributed by atoms with Crippen LogP contribution in [0.1, 0.15) is 5.56 Å². The van der Waals surface area contributed by atoms with Gasteiger partial charge in [0.25, 0.3) is 5.69 Å². The average molecular weight is 249 g/mol. The maximum atomic E-state index is 13.2. The van der Waals surface area contributed by atoms with Crippen LogP contribution < -0.4 is 5.69 Å². The number of hydrogen-bond donors (Lipinski definition) is 0. The van der Waals surface area contributed by atoms with Crippen molar-refractivity contribution in [3.63, 3.8) is 0 Å². The first-order valence-electron chi connectivity index (χ1n) is 5.01. The third kappa shape index (κ3) is 2.57. The van der Waals surface area contributed by atoms with Crippen LogP contribution in [0, 0.1) is 15.9 Å². The molecule has 7 heteroatoms. The Balaban J connectivity index is 2.38. The van der Waals surface area contributed by atoms with Gasteiger partial charge >= 0.3 is 5.69 Å². The molecule has 2 rings (SSSR count). The zero-order chi connectivity index (χ0) is 13.1. The highest BCUT2D eigenvalue weighted by atomic mass is 19.1. The lowest BCUT2D eigenvalue weighted by Gasteiger charge is -2.04. The molecule has 2 aromatic rings. The third-order valence-electron chi connectivity index (χ3n) is 2.29. The Kier molecular flexibility index (Phi) is 3.13. The molecule has 0 unspecified atom stereocenters. The van der Waals surface area contributed by atoms with E-state index in [2.05, 4.69) is 4.98 Å². The second-order valence-corrected chi connectivity index (χ2v) is 3.60. The Morgan fingerprint density at radius 2 is 2.17 bits per heavy atom. The number of aromatic nitrogens is 2. The number of non-ortho nitro benzene ring substituents is 1. The molecule has 0 radical (unpaired) electrons. The molecule has 18 heavy (non-hydrogen) atoms. The van der Waals surface area contributed by atoms with Crippen LogP contribution in [0.3, 0.4) is 0 Å². The van der Waals surface area contributed by atoms with Gasteiger partial charge in [0.2, 0.25) is 0 Å². The van der Waals surface area contributed by atoms with Crippen molar-refractivity contribution in [2.45, 2.75) is 6.54 Å². The highest BCUT2D eigenvalue weighted by molar-refractivity contribution is 5.35. The number of hydrogen-bond acceptors (Lipinski definition) is 4. The van der Waals surface area contributed by atoms with Crippen molar-refractivity contribution in [2.75, 3.05) is 0 Å². The van der Waals surface area contributed by atoms with Gasteiger partial charge < -0.3 is 0 Å². The molecule has 6 nitrogen and oxygen atoms in total. The fourth-order valence-corrected chi connectivity index (χ4v) is 1.53. The Morgan fingerprint density at radius 3 is 2.83 bits per heavy atom. The van der Waals surface area contributed by atoms with E-state index in [-0.39, 0.29) is 12.2 Å².